The second-order valence-corrected chi connectivity index (χ2v) is 6.85. The number of unbranched alkanes of at least 4 members (excludes halogenated alkanes) is 1. The third-order valence-corrected chi connectivity index (χ3v) is 5.21. The van der Waals surface area contributed by atoms with Gasteiger partial charge in [0.2, 0.25) is 0 Å². The fraction of sp³-hybridized carbons (Fsp3) is 0.429. The molecule has 0 amide bonds. The first-order chi connectivity index (χ1) is 12.3. The summed E-state index contributed by atoms with van der Waals surface area (Å²) in [4.78, 5) is 5.10. The topological polar surface area (TPSA) is 42.7 Å². The molecule has 138 valence electrons. The molecule has 0 spiro atoms. The maximum atomic E-state index is 5.10. The zero-order chi connectivity index (χ0) is 17.2. The zero-order valence-electron chi connectivity index (χ0n) is 15.5. The van der Waals surface area contributed by atoms with E-state index in [2.05, 4.69) is 54.6 Å². The summed E-state index contributed by atoms with van der Waals surface area (Å²) >= 11 is 0. The van der Waals surface area contributed by atoms with Gasteiger partial charge in [-0.05, 0) is 55.5 Å². The van der Waals surface area contributed by atoms with Crippen LogP contribution in [0.25, 0.3) is 11.0 Å². The average molecular weight is 371 g/mol. The Kier molecular flexibility index (Phi) is 5.94. The van der Waals surface area contributed by atoms with Crippen molar-refractivity contribution in [2.24, 2.45) is 0 Å². The summed E-state index contributed by atoms with van der Waals surface area (Å²) in [6, 6.07) is 11.3. The minimum Gasteiger partial charge on any atom is -0.305 e. The van der Waals surface area contributed by atoms with E-state index in [-0.39, 0.29) is 18.4 Å². The Balaban J connectivity index is 0.00000196. The fourth-order valence-electron chi connectivity index (χ4n) is 3.84. The molecular weight excluding hydrogens is 344 g/mol. The fourth-order valence-corrected chi connectivity index (χ4v) is 3.84. The molecule has 0 saturated heterocycles. The number of rotatable bonds is 5. The Morgan fingerprint density at radius 3 is 2.77 bits per heavy atom. The lowest BCUT2D eigenvalue weighted by atomic mass is 9.98. The summed E-state index contributed by atoms with van der Waals surface area (Å²) in [6.07, 6.45) is 6.44. The molecule has 0 radical (unpaired) electrons. The van der Waals surface area contributed by atoms with Crippen LogP contribution < -0.4 is 5.32 Å². The van der Waals surface area contributed by atoms with Gasteiger partial charge in [0.1, 0.15) is 0 Å². The van der Waals surface area contributed by atoms with E-state index in [9.17, 15) is 0 Å². The molecule has 1 aliphatic carbocycles. The number of hydrogen-bond donors (Lipinski definition) is 1. The van der Waals surface area contributed by atoms with E-state index >= 15 is 0 Å². The zero-order valence-corrected chi connectivity index (χ0v) is 16.4. The Labute approximate surface area is 161 Å². The second-order valence-electron chi connectivity index (χ2n) is 6.85. The van der Waals surface area contributed by atoms with Crippen LogP contribution in [0.1, 0.15) is 55.1 Å². The second kappa shape index (κ2) is 8.19. The van der Waals surface area contributed by atoms with Crippen molar-refractivity contribution < 1.29 is 0 Å². The third-order valence-electron chi connectivity index (χ3n) is 5.21. The van der Waals surface area contributed by atoms with Gasteiger partial charge in [-0.15, -0.1) is 12.4 Å². The Morgan fingerprint density at radius 2 is 1.96 bits per heavy atom. The predicted octanol–water partition coefficient (Wildman–Crippen LogP) is 4.45. The lowest BCUT2D eigenvalue weighted by Gasteiger charge is -2.21. The quantitative estimate of drug-likeness (QED) is 0.674. The number of aromatic nitrogens is 3. The molecule has 0 fully saturated rings. The highest BCUT2D eigenvalue weighted by Gasteiger charge is 2.25. The first-order valence-corrected chi connectivity index (χ1v) is 9.48. The van der Waals surface area contributed by atoms with E-state index < -0.39 is 0 Å². The minimum atomic E-state index is 0. The van der Waals surface area contributed by atoms with Gasteiger partial charge in [-0.1, -0.05) is 37.6 Å². The van der Waals surface area contributed by atoms with E-state index in [1.807, 2.05) is 10.9 Å². The maximum Gasteiger partial charge on any atom is 0.158 e. The van der Waals surface area contributed by atoms with E-state index in [4.69, 9.17) is 4.98 Å². The van der Waals surface area contributed by atoms with Crippen LogP contribution in [0.3, 0.4) is 0 Å². The molecular formula is C21H27ClN4. The molecule has 0 bridgehead atoms. The number of fused-ring (bicyclic) bond motifs is 3. The van der Waals surface area contributed by atoms with Crippen LogP contribution in [0.5, 0.6) is 0 Å². The van der Waals surface area contributed by atoms with E-state index in [0.717, 1.165) is 37.0 Å². The molecule has 4 rings (SSSR count). The third kappa shape index (κ3) is 3.36. The van der Waals surface area contributed by atoms with Crippen LogP contribution in [0, 0.1) is 0 Å². The molecule has 1 atom stereocenters. The van der Waals surface area contributed by atoms with Crippen LogP contribution in [-0.2, 0) is 19.4 Å². The molecule has 5 heteroatoms. The number of halogens is 1. The van der Waals surface area contributed by atoms with Gasteiger partial charge in [0.25, 0.3) is 0 Å². The summed E-state index contributed by atoms with van der Waals surface area (Å²) in [5.74, 6) is 0. The predicted molar refractivity (Wildman–Crippen MR) is 109 cm³/mol. The van der Waals surface area contributed by atoms with Gasteiger partial charge in [0, 0.05) is 11.9 Å². The van der Waals surface area contributed by atoms with E-state index in [0.29, 0.717) is 0 Å². The van der Waals surface area contributed by atoms with Crippen molar-refractivity contribution in [1.82, 2.24) is 20.1 Å². The molecule has 2 aromatic heterocycles. The molecule has 0 aliphatic heterocycles. The Morgan fingerprint density at radius 1 is 1.15 bits per heavy atom. The van der Waals surface area contributed by atoms with Crippen LogP contribution in [0.4, 0.5) is 0 Å². The number of aryl methyl sites for hydroxylation is 3. The SMILES string of the molecule is CCCCNC1c2ccccc2CCc2cc3cnn(CC)c3nc21.Cl. The van der Waals surface area contributed by atoms with Gasteiger partial charge in [-0.2, -0.15) is 5.10 Å². The largest absolute Gasteiger partial charge is 0.305 e. The van der Waals surface area contributed by atoms with Gasteiger partial charge >= 0.3 is 0 Å². The molecule has 1 aromatic carbocycles. The van der Waals surface area contributed by atoms with Crippen LogP contribution >= 0.6 is 12.4 Å². The smallest absolute Gasteiger partial charge is 0.158 e. The van der Waals surface area contributed by atoms with Crippen LogP contribution in [0.15, 0.2) is 36.5 Å². The van der Waals surface area contributed by atoms with Crippen molar-refractivity contribution in [2.45, 2.75) is 52.1 Å². The highest BCUT2D eigenvalue weighted by molar-refractivity contribution is 5.85. The highest BCUT2D eigenvalue weighted by atomic mass is 35.5. The molecule has 0 saturated carbocycles. The molecule has 2 heterocycles. The molecule has 26 heavy (non-hydrogen) atoms. The first-order valence-electron chi connectivity index (χ1n) is 9.48. The van der Waals surface area contributed by atoms with Gasteiger partial charge in [0.15, 0.2) is 5.65 Å². The molecule has 4 nitrogen and oxygen atoms in total. The van der Waals surface area contributed by atoms with Crippen molar-refractivity contribution in [3.8, 4) is 0 Å². The van der Waals surface area contributed by atoms with Gasteiger partial charge in [-0.25, -0.2) is 9.67 Å². The summed E-state index contributed by atoms with van der Waals surface area (Å²) < 4.78 is 2.00. The van der Waals surface area contributed by atoms with Gasteiger partial charge in [0.05, 0.1) is 17.9 Å². The van der Waals surface area contributed by atoms with Crippen molar-refractivity contribution in [2.75, 3.05) is 6.54 Å². The highest BCUT2D eigenvalue weighted by Crippen LogP contribution is 2.33. The summed E-state index contributed by atoms with van der Waals surface area (Å²) in [5, 5.41) is 9.42. The molecule has 1 aliphatic rings. The van der Waals surface area contributed by atoms with Crippen LogP contribution in [0.2, 0.25) is 0 Å². The normalized spacial score (nSPS) is 15.8. The van der Waals surface area contributed by atoms with Crippen molar-refractivity contribution in [3.63, 3.8) is 0 Å². The van der Waals surface area contributed by atoms with E-state index in [1.54, 1.807) is 0 Å². The molecule has 1 N–H and O–H groups in total. The van der Waals surface area contributed by atoms with Crippen molar-refractivity contribution in [1.29, 1.82) is 0 Å². The Hall–Kier alpha value is -1.91. The maximum absolute atomic E-state index is 5.10. The average Bonchev–Trinajstić information content (AvgIpc) is 2.98. The number of hydrogen-bond acceptors (Lipinski definition) is 3. The summed E-state index contributed by atoms with van der Waals surface area (Å²) in [6.45, 7) is 6.21. The molecule has 1 unspecified atom stereocenters. The standard InChI is InChI=1S/C21H26N4.ClH/c1-3-5-12-22-20-18-9-7-6-8-15(18)10-11-16-13-17-14-23-25(4-2)21(17)24-19(16)20;/h6-9,13-14,20,22H,3-5,10-12H2,1-2H3;1H. The minimum absolute atomic E-state index is 0. The molecule has 3 aromatic rings. The Bertz CT molecular complexity index is 887. The van der Waals surface area contributed by atoms with Gasteiger partial charge < -0.3 is 5.32 Å². The number of nitrogens with one attached hydrogen (secondary N) is 1. The monoisotopic (exact) mass is 370 g/mol. The van der Waals surface area contributed by atoms with Crippen LogP contribution in [-0.4, -0.2) is 21.3 Å². The summed E-state index contributed by atoms with van der Waals surface area (Å²) in [7, 11) is 0. The summed E-state index contributed by atoms with van der Waals surface area (Å²) in [5.41, 5.74) is 6.36. The number of benzene rings is 1. The van der Waals surface area contributed by atoms with Gasteiger partial charge in [-0.3, -0.25) is 0 Å². The number of nitrogens with zero attached hydrogens (tertiary/aromatic N) is 3. The van der Waals surface area contributed by atoms with Crippen molar-refractivity contribution in [3.05, 3.63) is 58.9 Å². The lowest BCUT2D eigenvalue weighted by molar-refractivity contribution is 0.566. The first kappa shape index (κ1) is 18.9. The lowest BCUT2D eigenvalue weighted by Crippen LogP contribution is -2.25. The van der Waals surface area contributed by atoms with Crippen molar-refractivity contribution >= 4 is 23.4 Å². The number of pyridine rings is 1. The van der Waals surface area contributed by atoms with E-state index in [1.165, 1.54) is 35.2 Å².